The predicted octanol–water partition coefficient (Wildman–Crippen LogP) is 3.91. The minimum atomic E-state index is -0.570. The van der Waals surface area contributed by atoms with Crippen LogP contribution < -0.4 is 10.2 Å². The highest BCUT2D eigenvalue weighted by atomic mass is 16.5. The number of carbonyl (C=O) groups excluding carboxylic acids is 3. The van der Waals surface area contributed by atoms with Crippen molar-refractivity contribution < 1.29 is 19.1 Å². The zero-order chi connectivity index (χ0) is 21.7. The molecule has 0 bridgehead atoms. The summed E-state index contributed by atoms with van der Waals surface area (Å²) in [4.78, 5) is 38.6. The number of carbonyl (C=O) groups is 3. The molecule has 0 aliphatic carbocycles. The summed E-state index contributed by atoms with van der Waals surface area (Å²) in [6.45, 7) is 6.05. The Balaban J connectivity index is 1.54. The second-order valence-corrected chi connectivity index (χ2v) is 7.82. The van der Waals surface area contributed by atoms with Gasteiger partial charge in [-0.3, -0.25) is 14.4 Å². The quantitative estimate of drug-likeness (QED) is 0.705. The second-order valence-electron chi connectivity index (χ2n) is 7.82. The summed E-state index contributed by atoms with van der Waals surface area (Å²) in [5.41, 5.74) is 3.69. The zero-order valence-corrected chi connectivity index (χ0v) is 17.7. The van der Waals surface area contributed by atoms with Crippen molar-refractivity contribution in [2.24, 2.45) is 5.92 Å². The van der Waals surface area contributed by atoms with Gasteiger partial charge < -0.3 is 15.0 Å². The fourth-order valence-electron chi connectivity index (χ4n) is 3.58. The van der Waals surface area contributed by atoms with Crippen molar-refractivity contribution in [1.29, 1.82) is 0 Å². The standard InChI is InChI=1S/C24H28N2O4/c1-4-17-9-11-19(12-10-17)26-14-18(13-23(26)28)24(29)30-15-22(27)25-21-8-6-5-7-20(21)16(2)3/h5-12,16,18H,4,13-15H2,1-3H3,(H,25,27)/t18-/m0/s1. The first-order chi connectivity index (χ1) is 14.4. The maximum atomic E-state index is 12.4. The Hall–Kier alpha value is -3.15. The molecule has 0 saturated carbocycles. The largest absolute Gasteiger partial charge is 0.455 e. The fourth-order valence-corrected chi connectivity index (χ4v) is 3.58. The highest BCUT2D eigenvalue weighted by Gasteiger charge is 2.36. The van der Waals surface area contributed by atoms with Crippen LogP contribution in [0.3, 0.4) is 0 Å². The molecule has 1 fully saturated rings. The van der Waals surface area contributed by atoms with Crippen molar-refractivity contribution in [1.82, 2.24) is 0 Å². The third kappa shape index (κ3) is 5.06. The maximum Gasteiger partial charge on any atom is 0.311 e. The molecule has 0 aromatic heterocycles. The Bertz CT molecular complexity index is 921. The third-order valence-corrected chi connectivity index (χ3v) is 5.32. The van der Waals surface area contributed by atoms with E-state index in [0.717, 1.165) is 17.7 Å². The Morgan fingerprint density at radius 3 is 2.50 bits per heavy atom. The number of nitrogens with one attached hydrogen (secondary N) is 1. The molecule has 158 valence electrons. The number of rotatable bonds is 7. The SMILES string of the molecule is CCc1ccc(N2C[C@@H](C(=O)OCC(=O)Nc3ccccc3C(C)C)CC2=O)cc1. The second kappa shape index (κ2) is 9.57. The lowest BCUT2D eigenvalue weighted by molar-refractivity contribution is -0.151. The average Bonchev–Trinajstić information content (AvgIpc) is 3.14. The van der Waals surface area contributed by atoms with Crippen LogP contribution in [-0.2, 0) is 25.5 Å². The van der Waals surface area contributed by atoms with Crippen LogP contribution in [0.15, 0.2) is 48.5 Å². The first-order valence-electron chi connectivity index (χ1n) is 10.3. The van der Waals surface area contributed by atoms with E-state index in [1.165, 1.54) is 5.56 Å². The van der Waals surface area contributed by atoms with Gasteiger partial charge >= 0.3 is 5.97 Å². The summed E-state index contributed by atoms with van der Waals surface area (Å²) in [6.07, 6.45) is 1.01. The summed E-state index contributed by atoms with van der Waals surface area (Å²) in [5.74, 6) is -1.35. The smallest absolute Gasteiger partial charge is 0.311 e. The van der Waals surface area contributed by atoms with E-state index in [1.54, 1.807) is 4.90 Å². The number of hydrogen-bond acceptors (Lipinski definition) is 4. The molecular formula is C24H28N2O4. The van der Waals surface area contributed by atoms with Gasteiger partial charge in [-0.1, -0.05) is 51.1 Å². The van der Waals surface area contributed by atoms with Crippen LogP contribution in [0.2, 0.25) is 0 Å². The number of amides is 2. The van der Waals surface area contributed by atoms with Gasteiger partial charge in [-0.05, 0) is 41.7 Å². The first-order valence-corrected chi connectivity index (χ1v) is 10.3. The third-order valence-electron chi connectivity index (χ3n) is 5.32. The van der Waals surface area contributed by atoms with Crippen molar-refractivity contribution >= 4 is 29.2 Å². The van der Waals surface area contributed by atoms with Gasteiger partial charge in [0.25, 0.3) is 5.91 Å². The first kappa shape index (κ1) is 21.6. The molecule has 6 heteroatoms. The maximum absolute atomic E-state index is 12.4. The van der Waals surface area contributed by atoms with Gasteiger partial charge in [0.2, 0.25) is 5.91 Å². The van der Waals surface area contributed by atoms with Gasteiger partial charge in [-0.25, -0.2) is 0 Å². The van der Waals surface area contributed by atoms with Crippen LogP contribution in [0.1, 0.15) is 44.2 Å². The molecule has 1 heterocycles. The van der Waals surface area contributed by atoms with E-state index < -0.39 is 17.8 Å². The van der Waals surface area contributed by atoms with Gasteiger partial charge in [-0.15, -0.1) is 0 Å². The predicted molar refractivity (Wildman–Crippen MR) is 116 cm³/mol. The molecule has 3 rings (SSSR count). The number of esters is 1. The normalized spacial score (nSPS) is 16.1. The van der Waals surface area contributed by atoms with Gasteiger partial charge in [0.1, 0.15) is 0 Å². The van der Waals surface area contributed by atoms with E-state index in [4.69, 9.17) is 4.74 Å². The molecule has 30 heavy (non-hydrogen) atoms. The van der Waals surface area contributed by atoms with E-state index in [9.17, 15) is 14.4 Å². The van der Waals surface area contributed by atoms with E-state index >= 15 is 0 Å². The Morgan fingerprint density at radius 1 is 1.13 bits per heavy atom. The summed E-state index contributed by atoms with van der Waals surface area (Å²) < 4.78 is 5.20. The summed E-state index contributed by atoms with van der Waals surface area (Å²) in [6, 6.07) is 15.3. The molecule has 6 nitrogen and oxygen atoms in total. The van der Waals surface area contributed by atoms with Gasteiger partial charge in [0, 0.05) is 24.3 Å². The lowest BCUT2D eigenvalue weighted by Crippen LogP contribution is -2.28. The number of benzene rings is 2. The monoisotopic (exact) mass is 408 g/mol. The zero-order valence-electron chi connectivity index (χ0n) is 17.7. The molecule has 1 atom stereocenters. The molecule has 2 aromatic rings. The molecule has 0 unspecified atom stereocenters. The molecule has 0 radical (unpaired) electrons. The summed E-state index contributed by atoms with van der Waals surface area (Å²) in [7, 11) is 0. The Morgan fingerprint density at radius 2 is 1.83 bits per heavy atom. The molecule has 2 aromatic carbocycles. The van der Waals surface area contributed by atoms with Crippen molar-refractivity contribution in [3.05, 3.63) is 59.7 Å². The van der Waals surface area contributed by atoms with E-state index in [2.05, 4.69) is 12.2 Å². The van der Waals surface area contributed by atoms with Crippen LogP contribution in [0.25, 0.3) is 0 Å². The van der Waals surface area contributed by atoms with Crippen LogP contribution in [0.4, 0.5) is 11.4 Å². The van der Waals surface area contributed by atoms with E-state index in [-0.39, 0.29) is 31.4 Å². The van der Waals surface area contributed by atoms with Gasteiger partial charge in [0.15, 0.2) is 6.61 Å². The summed E-state index contributed by atoms with van der Waals surface area (Å²) in [5, 5.41) is 2.80. The van der Waals surface area contributed by atoms with E-state index in [1.807, 2.05) is 62.4 Å². The van der Waals surface area contributed by atoms with Crippen LogP contribution >= 0.6 is 0 Å². The number of hydrogen-bond donors (Lipinski definition) is 1. The number of aryl methyl sites for hydroxylation is 1. The molecule has 2 amide bonds. The van der Waals surface area contributed by atoms with Crippen LogP contribution in [0.5, 0.6) is 0 Å². The Kier molecular flexibility index (Phi) is 6.87. The van der Waals surface area contributed by atoms with Gasteiger partial charge in [-0.2, -0.15) is 0 Å². The minimum absolute atomic E-state index is 0.0894. The minimum Gasteiger partial charge on any atom is -0.455 e. The van der Waals surface area contributed by atoms with Crippen LogP contribution in [0, 0.1) is 5.92 Å². The van der Waals surface area contributed by atoms with Crippen molar-refractivity contribution in [3.8, 4) is 0 Å². The van der Waals surface area contributed by atoms with Crippen molar-refractivity contribution in [3.63, 3.8) is 0 Å². The number of ether oxygens (including phenoxy) is 1. The molecule has 1 aliphatic rings. The van der Waals surface area contributed by atoms with Crippen LogP contribution in [-0.4, -0.2) is 30.9 Å². The fraction of sp³-hybridized carbons (Fsp3) is 0.375. The average molecular weight is 408 g/mol. The molecule has 1 aliphatic heterocycles. The highest BCUT2D eigenvalue weighted by molar-refractivity contribution is 6.00. The molecule has 0 spiro atoms. The molecule has 1 N–H and O–H groups in total. The lowest BCUT2D eigenvalue weighted by Gasteiger charge is -2.17. The lowest BCUT2D eigenvalue weighted by atomic mass is 10.0. The summed E-state index contributed by atoms with van der Waals surface area (Å²) >= 11 is 0. The number of anilines is 2. The van der Waals surface area contributed by atoms with Gasteiger partial charge in [0.05, 0.1) is 5.92 Å². The topological polar surface area (TPSA) is 75.7 Å². The number of nitrogens with zero attached hydrogens (tertiary/aromatic N) is 1. The molecule has 1 saturated heterocycles. The Labute approximate surface area is 177 Å². The molecular weight excluding hydrogens is 380 g/mol. The van der Waals surface area contributed by atoms with Crippen molar-refractivity contribution in [2.75, 3.05) is 23.4 Å². The highest BCUT2D eigenvalue weighted by Crippen LogP contribution is 2.27. The van der Waals surface area contributed by atoms with Crippen molar-refractivity contribution in [2.45, 2.75) is 39.5 Å². The number of para-hydroxylation sites is 1. The van der Waals surface area contributed by atoms with E-state index in [0.29, 0.717) is 5.69 Å².